The summed E-state index contributed by atoms with van der Waals surface area (Å²) in [6, 6.07) is 2.27. The third kappa shape index (κ3) is 1.75. The van der Waals surface area contributed by atoms with Crippen molar-refractivity contribution in [2.24, 2.45) is 7.05 Å². The number of nitrogens with zero attached hydrogens (tertiary/aromatic N) is 4. The predicted octanol–water partition coefficient (Wildman–Crippen LogP) is 1.65. The van der Waals surface area contributed by atoms with Crippen molar-refractivity contribution >= 4 is 17.4 Å². The molecule has 0 spiro atoms. The van der Waals surface area contributed by atoms with Gasteiger partial charge in [0.2, 0.25) is 6.41 Å². The maximum Gasteiger partial charge on any atom is 0.210 e. The molecule has 1 unspecified atom stereocenters. The molecule has 1 amide bonds. The van der Waals surface area contributed by atoms with Crippen LogP contribution in [0.15, 0.2) is 18.5 Å². The molecular weight excluding hydrogens is 228 g/mol. The standard InChI is InChI=1S/C13H16N4O/c1-16-13-11(8-15-16)6-10(7-14-13)12-4-2-3-5-17(12)9-18/h6-9,12H,2-5H2,1H3. The Morgan fingerprint density at radius 3 is 3.11 bits per heavy atom. The molecule has 0 N–H and O–H groups in total. The fourth-order valence-corrected chi connectivity index (χ4v) is 2.68. The lowest BCUT2D eigenvalue weighted by atomic mass is 9.96. The van der Waals surface area contributed by atoms with Gasteiger partial charge in [-0.25, -0.2) is 4.98 Å². The van der Waals surface area contributed by atoms with E-state index in [4.69, 9.17) is 0 Å². The van der Waals surface area contributed by atoms with Crippen LogP contribution in [0.2, 0.25) is 0 Å². The molecule has 3 heterocycles. The van der Waals surface area contributed by atoms with Gasteiger partial charge >= 0.3 is 0 Å². The zero-order chi connectivity index (χ0) is 12.5. The zero-order valence-electron chi connectivity index (χ0n) is 10.4. The Morgan fingerprint density at radius 2 is 2.28 bits per heavy atom. The molecule has 0 aromatic carbocycles. The van der Waals surface area contributed by atoms with Crippen molar-refractivity contribution < 1.29 is 4.79 Å². The molecule has 0 bridgehead atoms. The first kappa shape index (κ1) is 11.2. The van der Waals surface area contributed by atoms with Gasteiger partial charge in [-0.2, -0.15) is 5.10 Å². The van der Waals surface area contributed by atoms with Crippen LogP contribution in [0.1, 0.15) is 30.9 Å². The molecule has 1 fully saturated rings. The lowest BCUT2D eigenvalue weighted by molar-refractivity contribution is -0.121. The van der Waals surface area contributed by atoms with Crippen molar-refractivity contribution in [1.29, 1.82) is 0 Å². The summed E-state index contributed by atoms with van der Waals surface area (Å²) >= 11 is 0. The second-order valence-corrected chi connectivity index (χ2v) is 4.80. The minimum absolute atomic E-state index is 0.174. The average molecular weight is 244 g/mol. The highest BCUT2D eigenvalue weighted by Crippen LogP contribution is 2.30. The number of likely N-dealkylation sites (tertiary alicyclic amines) is 1. The van der Waals surface area contributed by atoms with Gasteiger partial charge in [0, 0.05) is 25.2 Å². The van der Waals surface area contributed by atoms with Gasteiger partial charge in [-0.1, -0.05) is 0 Å². The summed E-state index contributed by atoms with van der Waals surface area (Å²) in [5.41, 5.74) is 1.99. The molecule has 0 saturated carbocycles. The molecule has 3 rings (SSSR count). The van der Waals surface area contributed by atoms with E-state index >= 15 is 0 Å². The van der Waals surface area contributed by atoms with Gasteiger partial charge in [-0.05, 0) is 30.9 Å². The summed E-state index contributed by atoms with van der Waals surface area (Å²) in [5.74, 6) is 0. The van der Waals surface area contributed by atoms with Crippen LogP contribution in [-0.4, -0.2) is 32.6 Å². The fraction of sp³-hybridized carbons (Fsp3) is 0.462. The quantitative estimate of drug-likeness (QED) is 0.755. The molecule has 1 atom stereocenters. The van der Waals surface area contributed by atoms with Crippen molar-refractivity contribution in [3.63, 3.8) is 0 Å². The molecule has 2 aromatic rings. The maximum absolute atomic E-state index is 11.1. The lowest BCUT2D eigenvalue weighted by Crippen LogP contribution is -2.32. The summed E-state index contributed by atoms with van der Waals surface area (Å²) in [4.78, 5) is 17.4. The minimum Gasteiger partial charge on any atom is -0.338 e. The SMILES string of the molecule is Cn1ncc2cc(C3CCCCN3C=O)cnc21. The van der Waals surface area contributed by atoms with E-state index in [1.165, 1.54) is 6.42 Å². The van der Waals surface area contributed by atoms with Gasteiger partial charge < -0.3 is 4.90 Å². The topological polar surface area (TPSA) is 51.0 Å². The van der Waals surface area contributed by atoms with Gasteiger partial charge in [-0.3, -0.25) is 9.48 Å². The third-order valence-electron chi connectivity index (χ3n) is 3.66. The molecule has 0 aliphatic carbocycles. The highest BCUT2D eigenvalue weighted by molar-refractivity contribution is 5.75. The molecule has 5 heteroatoms. The van der Waals surface area contributed by atoms with Gasteiger partial charge in [0.15, 0.2) is 5.65 Å². The van der Waals surface area contributed by atoms with E-state index in [0.29, 0.717) is 0 Å². The summed E-state index contributed by atoms with van der Waals surface area (Å²) in [6.45, 7) is 0.846. The first-order valence-corrected chi connectivity index (χ1v) is 6.28. The number of amides is 1. The number of carbonyl (C=O) groups excluding carboxylic acids is 1. The third-order valence-corrected chi connectivity index (χ3v) is 3.66. The number of aromatic nitrogens is 3. The van der Waals surface area contributed by atoms with E-state index in [9.17, 15) is 4.79 Å². The van der Waals surface area contributed by atoms with Crippen molar-refractivity contribution in [2.75, 3.05) is 6.54 Å². The van der Waals surface area contributed by atoms with E-state index in [1.807, 2.05) is 24.3 Å². The normalized spacial score (nSPS) is 20.3. The molecule has 5 nitrogen and oxygen atoms in total. The second-order valence-electron chi connectivity index (χ2n) is 4.80. The van der Waals surface area contributed by atoms with E-state index in [2.05, 4.69) is 16.1 Å². The van der Waals surface area contributed by atoms with E-state index < -0.39 is 0 Å². The average Bonchev–Trinajstić information content (AvgIpc) is 2.80. The predicted molar refractivity (Wildman–Crippen MR) is 67.9 cm³/mol. The van der Waals surface area contributed by atoms with Gasteiger partial charge in [0.1, 0.15) is 0 Å². The van der Waals surface area contributed by atoms with Crippen LogP contribution < -0.4 is 0 Å². The minimum atomic E-state index is 0.174. The van der Waals surface area contributed by atoms with Gasteiger partial charge in [-0.15, -0.1) is 0 Å². The second kappa shape index (κ2) is 4.40. The van der Waals surface area contributed by atoms with Crippen LogP contribution in [0.25, 0.3) is 11.0 Å². The summed E-state index contributed by atoms with van der Waals surface area (Å²) in [6.07, 6.45) is 7.93. The maximum atomic E-state index is 11.1. The zero-order valence-corrected chi connectivity index (χ0v) is 10.4. The van der Waals surface area contributed by atoms with Crippen LogP contribution >= 0.6 is 0 Å². The summed E-state index contributed by atoms with van der Waals surface area (Å²) in [5, 5.41) is 5.23. The van der Waals surface area contributed by atoms with E-state index in [-0.39, 0.29) is 6.04 Å². The smallest absolute Gasteiger partial charge is 0.210 e. The summed E-state index contributed by atoms with van der Waals surface area (Å²) < 4.78 is 1.76. The highest BCUT2D eigenvalue weighted by Gasteiger charge is 2.23. The van der Waals surface area contributed by atoms with Crippen LogP contribution in [-0.2, 0) is 11.8 Å². The number of rotatable bonds is 2. The Kier molecular flexibility index (Phi) is 2.74. The molecule has 2 aromatic heterocycles. The summed E-state index contributed by atoms with van der Waals surface area (Å²) in [7, 11) is 1.88. The van der Waals surface area contributed by atoms with Crippen LogP contribution in [0.3, 0.4) is 0 Å². The molecule has 1 aliphatic heterocycles. The largest absolute Gasteiger partial charge is 0.338 e. The Morgan fingerprint density at radius 1 is 1.39 bits per heavy atom. The van der Waals surface area contributed by atoms with Gasteiger partial charge in [0.25, 0.3) is 0 Å². The first-order chi connectivity index (χ1) is 8.79. The number of pyridine rings is 1. The molecule has 18 heavy (non-hydrogen) atoms. The van der Waals surface area contributed by atoms with Crippen molar-refractivity contribution in [2.45, 2.75) is 25.3 Å². The molecule has 1 saturated heterocycles. The van der Waals surface area contributed by atoms with Crippen LogP contribution in [0, 0.1) is 0 Å². The van der Waals surface area contributed by atoms with Crippen molar-refractivity contribution in [3.05, 3.63) is 24.0 Å². The molecule has 94 valence electrons. The van der Waals surface area contributed by atoms with Crippen molar-refractivity contribution in [3.8, 4) is 0 Å². The van der Waals surface area contributed by atoms with Crippen molar-refractivity contribution in [1.82, 2.24) is 19.7 Å². The van der Waals surface area contributed by atoms with E-state index in [1.54, 1.807) is 4.68 Å². The van der Waals surface area contributed by atoms with Crippen LogP contribution in [0.4, 0.5) is 0 Å². The number of hydrogen-bond acceptors (Lipinski definition) is 3. The number of fused-ring (bicyclic) bond motifs is 1. The highest BCUT2D eigenvalue weighted by atomic mass is 16.1. The van der Waals surface area contributed by atoms with E-state index in [0.717, 1.165) is 42.4 Å². The fourth-order valence-electron chi connectivity index (χ4n) is 2.68. The number of aryl methyl sites for hydroxylation is 1. The van der Waals surface area contributed by atoms with Crippen LogP contribution in [0.5, 0.6) is 0 Å². The van der Waals surface area contributed by atoms with Gasteiger partial charge in [0.05, 0.1) is 12.2 Å². The monoisotopic (exact) mass is 244 g/mol. The number of piperidine rings is 1. The number of hydrogen-bond donors (Lipinski definition) is 0. The Hall–Kier alpha value is -1.91. The first-order valence-electron chi connectivity index (χ1n) is 6.28. The molecular formula is C13H16N4O. The molecule has 0 radical (unpaired) electrons. The Bertz CT molecular complexity index is 577. The Labute approximate surface area is 105 Å². The molecule has 1 aliphatic rings. The lowest BCUT2D eigenvalue weighted by Gasteiger charge is -2.32. The number of carbonyl (C=O) groups is 1. The Balaban J connectivity index is 1.99.